The van der Waals surface area contributed by atoms with Gasteiger partial charge in [0.25, 0.3) is 0 Å². The standard InChI is InChI=1S/C10H12ClNO4S/c1-3-12(2)17(15,16)9-6-7(11)4-5-8(9)10(13)14/h4-6H,3H2,1-2H3,(H,13,14). The average molecular weight is 278 g/mol. The molecule has 0 unspecified atom stereocenters. The van der Waals surface area contributed by atoms with E-state index in [2.05, 4.69) is 0 Å². The van der Waals surface area contributed by atoms with Gasteiger partial charge in [0, 0.05) is 18.6 Å². The highest BCUT2D eigenvalue weighted by atomic mass is 35.5. The van der Waals surface area contributed by atoms with Crippen molar-refractivity contribution in [3.05, 3.63) is 28.8 Å². The average Bonchev–Trinajstić information content (AvgIpc) is 2.27. The fraction of sp³-hybridized carbons (Fsp3) is 0.300. The molecule has 0 radical (unpaired) electrons. The van der Waals surface area contributed by atoms with Gasteiger partial charge in [-0.3, -0.25) is 0 Å². The van der Waals surface area contributed by atoms with Gasteiger partial charge in [-0.25, -0.2) is 17.5 Å². The summed E-state index contributed by atoms with van der Waals surface area (Å²) >= 11 is 5.70. The summed E-state index contributed by atoms with van der Waals surface area (Å²) in [6.07, 6.45) is 0. The summed E-state index contributed by atoms with van der Waals surface area (Å²) in [4.78, 5) is 10.7. The van der Waals surface area contributed by atoms with Gasteiger partial charge in [0.2, 0.25) is 10.0 Å². The van der Waals surface area contributed by atoms with Crippen molar-refractivity contribution >= 4 is 27.6 Å². The van der Waals surface area contributed by atoms with E-state index in [1.807, 2.05) is 0 Å². The first kappa shape index (κ1) is 14.0. The molecule has 0 spiro atoms. The number of aromatic carboxylic acids is 1. The molecule has 1 rings (SSSR count). The lowest BCUT2D eigenvalue weighted by Crippen LogP contribution is -2.28. The molecule has 7 heteroatoms. The van der Waals surface area contributed by atoms with Crippen molar-refractivity contribution in [1.29, 1.82) is 0 Å². The number of carboxylic acid groups (broad SMARTS) is 1. The lowest BCUT2D eigenvalue weighted by atomic mass is 10.2. The predicted molar refractivity (Wildman–Crippen MR) is 63.9 cm³/mol. The molecule has 0 aromatic heterocycles. The highest BCUT2D eigenvalue weighted by molar-refractivity contribution is 7.89. The number of carbonyl (C=O) groups is 1. The maximum atomic E-state index is 12.0. The first-order chi connectivity index (χ1) is 7.80. The molecule has 17 heavy (non-hydrogen) atoms. The van der Waals surface area contributed by atoms with Crippen LogP contribution in [-0.4, -0.2) is 37.4 Å². The molecule has 0 atom stereocenters. The summed E-state index contributed by atoms with van der Waals surface area (Å²) < 4.78 is 25.1. The third-order valence-electron chi connectivity index (χ3n) is 2.31. The Balaban J connectivity index is 3.49. The van der Waals surface area contributed by atoms with E-state index in [4.69, 9.17) is 16.7 Å². The number of carboxylic acids is 1. The van der Waals surface area contributed by atoms with Crippen molar-refractivity contribution in [3.8, 4) is 0 Å². The molecule has 0 fully saturated rings. The van der Waals surface area contributed by atoms with Crippen molar-refractivity contribution in [2.24, 2.45) is 0 Å². The highest BCUT2D eigenvalue weighted by Gasteiger charge is 2.25. The van der Waals surface area contributed by atoms with Gasteiger partial charge >= 0.3 is 5.97 Å². The van der Waals surface area contributed by atoms with E-state index in [9.17, 15) is 13.2 Å². The zero-order valence-electron chi connectivity index (χ0n) is 9.34. The van der Waals surface area contributed by atoms with Gasteiger partial charge in [0.1, 0.15) is 0 Å². The van der Waals surface area contributed by atoms with Crippen molar-refractivity contribution in [2.75, 3.05) is 13.6 Å². The Morgan fingerprint density at radius 3 is 2.53 bits per heavy atom. The molecule has 0 aliphatic carbocycles. The fourth-order valence-corrected chi connectivity index (χ4v) is 2.85. The molecule has 5 nitrogen and oxygen atoms in total. The number of sulfonamides is 1. The Morgan fingerprint density at radius 1 is 1.47 bits per heavy atom. The molecule has 0 saturated carbocycles. The fourth-order valence-electron chi connectivity index (χ4n) is 1.22. The van der Waals surface area contributed by atoms with Gasteiger partial charge in [-0.2, -0.15) is 0 Å². The Hall–Kier alpha value is -1.11. The molecule has 1 aromatic rings. The Bertz CT molecular complexity index is 541. The highest BCUT2D eigenvalue weighted by Crippen LogP contribution is 2.23. The normalized spacial score (nSPS) is 11.8. The predicted octanol–water partition coefficient (Wildman–Crippen LogP) is 1.68. The van der Waals surface area contributed by atoms with Crippen molar-refractivity contribution in [1.82, 2.24) is 4.31 Å². The van der Waals surface area contributed by atoms with Gasteiger partial charge in [-0.15, -0.1) is 0 Å². The Labute approximate surface area is 105 Å². The van der Waals surface area contributed by atoms with Crippen LogP contribution < -0.4 is 0 Å². The monoisotopic (exact) mass is 277 g/mol. The largest absolute Gasteiger partial charge is 0.478 e. The van der Waals surface area contributed by atoms with Crippen LogP contribution in [0.1, 0.15) is 17.3 Å². The van der Waals surface area contributed by atoms with Gasteiger partial charge in [0.05, 0.1) is 10.5 Å². The third-order valence-corrected chi connectivity index (χ3v) is 4.52. The lowest BCUT2D eigenvalue weighted by molar-refractivity contribution is 0.0692. The molecule has 0 aliphatic rings. The van der Waals surface area contributed by atoms with E-state index in [0.29, 0.717) is 0 Å². The van der Waals surface area contributed by atoms with Crippen LogP contribution in [0.3, 0.4) is 0 Å². The number of halogens is 1. The topological polar surface area (TPSA) is 74.7 Å². The van der Waals surface area contributed by atoms with Crippen molar-refractivity contribution in [3.63, 3.8) is 0 Å². The Kier molecular flexibility index (Phi) is 4.13. The quantitative estimate of drug-likeness (QED) is 0.908. The zero-order valence-corrected chi connectivity index (χ0v) is 10.9. The van der Waals surface area contributed by atoms with E-state index < -0.39 is 16.0 Å². The van der Waals surface area contributed by atoms with Crippen LogP contribution in [0.15, 0.2) is 23.1 Å². The third kappa shape index (κ3) is 2.77. The van der Waals surface area contributed by atoms with E-state index in [-0.39, 0.29) is 22.0 Å². The number of hydrogen-bond acceptors (Lipinski definition) is 3. The van der Waals surface area contributed by atoms with Crippen LogP contribution in [0, 0.1) is 0 Å². The second-order valence-electron chi connectivity index (χ2n) is 3.36. The first-order valence-electron chi connectivity index (χ1n) is 4.80. The van der Waals surface area contributed by atoms with Crippen LogP contribution in [0.25, 0.3) is 0 Å². The summed E-state index contributed by atoms with van der Waals surface area (Å²) in [6.45, 7) is 1.90. The van der Waals surface area contributed by atoms with Crippen molar-refractivity contribution in [2.45, 2.75) is 11.8 Å². The minimum Gasteiger partial charge on any atom is -0.478 e. The SMILES string of the molecule is CCN(C)S(=O)(=O)c1cc(Cl)ccc1C(=O)O. The Morgan fingerprint density at radius 2 is 2.06 bits per heavy atom. The molecule has 0 bridgehead atoms. The summed E-state index contributed by atoms with van der Waals surface area (Å²) in [6, 6.07) is 3.67. The van der Waals surface area contributed by atoms with Crippen LogP contribution in [0.2, 0.25) is 5.02 Å². The maximum Gasteiger partial charge on any atom is 0.337 e. The van der Waals surface area contributed by atoms with E-state index >= 15 is 0 Å². The smallest absolute Gasteiger partial charge is 0.337 e. The molecule has 0 aliphatic heterocycles. The van der Waals surface area contributed by atoms with Gasteiger partial charge in [-0.05, 0) is 18.2 Å². The summed E-state index contributed by atoms with van der Waals surface area (Å²) in [5.41, 5.74) is -0.283. The van der Waals surface area contributed by atoms with Gasteiger partial charge in [-0.1, -0.05) is 18.5 Å². The van der Waals surface area contributed by atoms with Crippen LogP contribution in [0.5, 0.6) is 0 Å². The maximum absolute atomic E-state index is 12.0. The molecular weight excluding hydrogens is 266 g/mol. The molecule has 0 heterocycles. The number of nitrogens with zero attached hydrogens (tertiary/aromatic N) is 1. The minimum absolute atomic E-state index is 0.179. The lowest BCUT2D eigenvalue weighted by Gasteiger charge is -2.16. The molecule has 1 aromatic carbocycles. The van der Waals surface area contributed by atoms with E-state index in [1.165, 1.54) is 19.2 Å². The molecule has 0 saturated heterocycles. The molecular formula is C10H12ClNO4S. The summed E-state index contributed by atoms with van der Waals surface area (Å²) in [7, 11) is -2.44. The van der Waals surface area contributed by atoms with Crippen LogP contribution >= 0.6 is 11.6 Å². The van der Waals surface area contributed by atoms with Gasteiger partial charge in [0.15, 0.2) is 0 Å². The minimum atomic E-state index is -3.82. The van der Waals surface area contributed by atoms with E-state index in [1.54, 1.807) is 6.92 Å². The summed E-state index contributed by atoms with van der Waals surface area (Å²) in [5, 5.41) is 9.13. The van der Waals surface area contributed by atoms with E-state index in [0.717, 1.165) is 10.4 Å². The molecule has 1 N–H and O–H groups in total. The summed E-state index contributed by atoms with van der Waals surface area (Å²) in [5.74, 6) is -1.30. The second-order valence-corrected chi connectivity index (χ2v) is 5.81. The van der Waals surface area contributed by atoms with Gasteiger partial charge < -0.3 is 5.11 Å². The first-order valence-corrected chi connectivity index (χ1v) is 6.61. The number of benzene rings is 1. The second kappa shape index (κ2) is 5.03. The van der Waals surface area contributed by atoms with Crippen molar-refractivity contribution < 1.29 is 18.3 Å². The molecule has 0 amide bonds. The van der Waals surface area contributed by atoms with Crippen LogP contribution in [0.4, 0.5) is 0 Å². The van der Waals surface area contributed by atoms with Crippen LogP contribution in [-0.2, 0) is 10.0 Å². The number of rotatable bonds is 4. The zero-order chi connectivity index (χ0) is 13.2. The molecule has 94 valence electrons. The number of hydrogen-bond donors (Lipinski definition) is 1.